The predicted octanol–water partition coefficient (Wildman–Crippen LogP) is 4.23. The van der Waals surface area contributed by atoms with Crippen molar-refractivity contribution in [1.29, 1.82) is 0 Å². The molecular formula is C22H30N4O2. The van der Waals surface area contributed by atoms with Crippen LogP contribution in [0.5, 0.6) is 5.75 Å². The molecule has 0 spiro atoms. The first-order chi connectivity index (χ1) is 13.7. The summed E-state index contributed by atoms with van der Waals surface area (Å²) in [6.07, 6.45) is 3.43. The Morgan fingerprint density at radius 2 is 1.86 bits per heavy atom. The van der Waals surface area contributed by atoms with Gasteiger partial charge in [-0.25, -0.2) is 0 Å². The van der Waals surface area contributed by atoms with E-state index in [9.17, 15) is 0 Å². The second-order valence-electron chi connectivity index (χ2n) is 7.22. The molecule has 0 atom stereocenters. The van der Waals surface area contributed by atoms with Gasteiger partial charge in [-0.1, -0.05) is 5.16 Å². The Labute approximate surface area is 167 Å². The average Bonchev–Trinajstić information content (AvgIpc) is 2.73. The zero-order chi connectivity index (χ0) is 19.8. The van der Waals surface area contributed by atoms with Crippen molar-refractivity contribution in [3.05, 3.63) is 47.7 Å². The highest BCUT2D eigenvalue weighted by atomic mass is 16.6. The van der Waals surface area contributed by atoms with E-state index < -0.39 is 0 Å². The fourth-order valence-corrected chi connectivity index (χ4v) is 3.36. The van der Waals surface area contributed by atoms with Crippen LogP contribution in [0.25, 0.3) is 0 Å². The van der Waals surface area contributed by atoms with Crippen LogP contribution in [-0.2, 0) is 4.84 Å². The minimum atomic E-state index is 0.579. The molecule has 28 heavy (non-hydrogen) atoms. The topological polar surface area (TPSA) is 59.8 Å². The fourth-order valence-electron chi connectivity index (χ4n) is 3.36. The fraction of sp³-hybridized carbons (Fsp3) is 0.500. The number of oxime groups is 1. The van der Waals surface area contributed by atoms with E-state index in [0.29, 0.717) is 12.5 Å². The first kappa shape index (κ1) is 20.1. The lowest BCUT2D eigenvalue weighted by Gasteiger charge is -2.32. The highest BCUT2D eigenvalue weighted by Gasteiger charge is 2.20. The van der Waals surface area contributed by atoms with Gasteiger partial charge in [0.15, 0.2) is 5.82 Å². The van der Waals surface area contributed by atoms with Gasteiger partial charge in [0.2, 0.25) is 0 Å². The maximum absolute atomic E-state index is 5.94. The van der Waals surface area contributed by atoms with Crippen LogP contribution in [0.1, 0.15) is 44.4 Å². The number of benzene rings is 1. The van der Waals surface area contributed by atoms with Gasteiger partial charge >= 0.3 is 0 Å². The van der Waals surface area contributed by atoms with Crippen LogP contribution in [0.2, 0.25) is 0 Å². The molecule has 0 bridgehead atoms. The molecule has 6 heteroatoms. The number of hydrogen-bond acceptors (Lipinski definition) is 6. The summed E-state index contributed by atoms with van der Waals surface area (Å²) < 4.78 is 5.94. The van der Waals surface area contributed by atoms with Gasteiger partial charge in [0.25, 0.3) is 0 Å². The Morgan fingerprint density at radius 3 is 2.50 bits per heavy atom. The third-order valence-corrected chi connectivity index (χ3v) is 5.12. The molecule has 1 fully saturated rings. The molecule has 1 aliphatic rings. The molecule has 150 valence electrons. The molecule has 0 amide bonds. The third-order valence-electron chi connectivity index (χ3n) is 5.12. The summed E-state index contributed by atoms with van der Waals surface area (Å²) in [6, 6.07) is 12.1. The number of ether oxygens (including phenoxy) is 1. The summed E-state index contributed by atoms with van der Waals surface area (Å²) >= 11 is 0. The van der Waals surface area contributed by atoms with Crippen LogP contribution in [0.15, 0.2) is 41.6 Å². The van der Waals surface area contributed by atoms with E-state index in [-0.39, 0.29) is 0 Å². The lowest BCUT2D eigenvalue weighted by Crippen LogP contribution is -2.34. The molecule has 0 N–H and O–H groups in total. The van der Waals surface area contributed by atoms with Crippen LogP contribution in [-0.4, -0.2) is 42.2 Å². The van der Waals surface area contributed by atoms with Crippen LogP contribution in [0.4, 0.5) is 5.82 Å². The molecule has 3 rings (SSSR count). The molecule has 0 saturated carbocycles. The summed E-state index contributed by atoms with van der Waals surface area (Å²) in [5, 5.41) is 12.5. The summed E-state index contributed by atoms with van der Waals surface area (Å²) in [5.74, 6) is 2.60. The molecule has 6 nitrogen and oxygen atoms in total. The Balaban J connectivity index is 1.39. The van der Waals surface area contributed by atoms with E-state index in [4.69, 9.17) is 9.57 Å². The molecule has 1 aliphatic heterocycles. The van der Waals surface area contributed by atoms with E-state index in [1.807, 2.05) is 51.1 Å². The Bertz CT molecular complexity index is 751. The molecule has 1 aromatic heterocycles. The van der Waals surface area contributed by atoms with Crippen molar-refractivity contribution in [1.82, 2.24) is 10.2 Å². The van der Waals surface area contributed by atoms with Crippen molar-refractivity contribution in [3.8, 4) is 5.75 Å². The molecule has 1 saturated heterocycles. The maximum Gasteiger partial charge on any atom is 0.151 e. The van der Waals surface area contributed by atoms with Gasteiger partial charge in [-0.15, -0.1) is 5.10 Å². The number of hydrogen-bond donors (Lipinski definition) is 0. The summed E-state index contributed by atoms with van der Waals surface area (Å²) in [7, 11) is 0. The van der Waals surface area contributed by atoms with Gasteiger partial charge in [0.05, 0.1) is 18.0 Å². The standard InChI is InChI=1S/C22H30N4O2/c1-4-28-25-18(3)20-6-8-21(9-7-20)27-16-13-19-11-14-26(15-12-19)22-10-5-17(2)23-24-22/h5-10,19H,4,11-16H2,1-3H3. The highest BCUT2D eigenvalue weighted by molar-refractivity contribution is 5.98. The van der Waals surface area contributed by atoms with E-state index in [1.54, 1.807) is 0 Å². The molecule has 1 aromatic carbocycles. The van der Waals surface area contributed by atoms with Crippen molar-refractivity contribution in [2.24, 2.45) is 11.1 Å². The Kier molecular flexibility index (Phi) is 7.23. The number of aryl methyl sites for hydroxylation is 1. The largest absolute Gasteiger partial charge is 0.494 e. The average molecular weight is 383 g/mol. The molecule has 2 heterocycles. The molecule has 0 aliphatic carbocycles. The van der Waals surface area contributed by atoms with Gasteiger partial charge in [-0.2, -0.15) is 5.10 Å². The van der Waals surface area contributed by atoms with Gasteiger partial charge in [0.1, 0.15) is 12.4 Å². The number of rotatable bonds is 8. The number of piperidine rings is 1. The van der Waals surface area contributed by atoms with Crippen molar-refractivity contribution in [2.45, 2.75) is 40.0 Å². The molecule has 2 aromatic rings. The second-order valence-corrected chi connectivity index (χ2v) is 7.22. The summed E-state index contributed by atoms with van der Waals surface area (Å²) in [5.41, 5.74) is 2.88. The monoisotopic (exact) mass is 382 g/mol. The SMILES string of the molecule is CCON=C(C)c1ccc(OCCC2CCN(c3ccc(C)nn3)CC2)cc1. The van der Waals surface area contributed by atoms with Crippen molar-refractivity contribution >= 4 is 11.5 Å². The Morgan fingerprint density at radius 1 is 1.11 bits per heavy atom. The van der Waals surface area contributed by atoms with Crippen molar-refractivity contribution in [2.75, 3.05) is 31.2 Å². The molecule has 0 radical (unpaired) electrons. The van der Waals surface area contributed by atoms with Crippen LogP contribution in [0, 0.1) is 12.8 Å². The lowest BCUT2D eigenvalue weighted by molar-refractivity contribution is 0.159. The lowest BCUT2D eigenvalue weighted by atomic mass is 9.94. The molecule has 0 unspecified atom stereocenters. The summed E-state index contributed by atoms with van der Waals surface area (Å²) in [4.78, 5) is 7.43. The van der Waals surface area contributed by atoms with Crippen LogP contribution >= 0.6 is 0 Å². The van der Waals surface area contributed by atoms with Crippen molar-refractivity contribution < 1.29 is 9.57 Å². The van der Waals surface area contributed by atoms with Gasteiger partial charge < -0.3 is 14.5 Å². The van der Waals surface area contributed by atoms with Gasteiger partial charge in [0, 0.05) is 13.1 Å². The van der Waals surface area contributed by atoms with E-state index in [1.165, 1.54) is 12.8 Å². The van der Waals surface area contributed by atoms with Crippen LogP contribution < -0.4 is 9.64 Å². The smallest absolute Gasteiger partial charge is 0.151 e. The maximum atomic E-state index is 5.94. The zero-order valence-electron chi connectivity index (χ0n) is 17.1. The normalized spacial score (nSPS) is 15.5. The summed E-state index contributed by atoms with van der Waals surface area (Å²) in [6.45, 7) is 9.24. The predicted molar refractivity (Wildman–Crippen MR) is 112 cm³/mol. The quantitative estimate of drug-likeness (QED) is 0.505. The van der Waals surface area contributed by atoms with E-state index in [2.05, 4.69) is 26.3 Å². The van der Waals surface area contributed by atoms with Gasteiger partial charge in [-0.05, 0) is 87.9 Å². The minimum absolute atomic E-state index is 0.579. The minimum Gasteiger partial charge on any atom is -0.494 e. The third kappa shape index (κ3) is 5.68. The first-order valence-corrected chi connectivity index (χ1v) is 10.1. The van der Waals surface area contributed by atoms with E-state index in [0.717, 1.165) is 54.7 Å². The van der Waals surface area contributed by atoms with Gasteiger partial charge in [-0.3, -0.25) is 0 Å². The van der Waals surface area contributed by atoms with E-state index >= 15 is 0 Å². The highest BCUT2D eigenvalue weighted by Crippen LogP contribution is 2.24. The molecular weight excluding hydrogens is 352 g/mol. The number of aromatic nitrogens is 2. The Hall–Kier alpha value is -2.63. The van der Waals surface area contributed by atoms with Crippen molar-refractivity contribution in [3.63, 3.8) is 0 Å². The zero-order valence-corrected chi connectivity index (χ0v) is 17.1. The second kappa shape index (κ2) is 10.1. The first-order valence-electron chi connectivity index (χ1n) is 10.1. The van der Waals surface area contributed by atoms with Crippen LogP contribution in [0.3, 0.4) is 0 Å². The number of anilines is 1. The number of nitrogens with zero attached hydrogens (tertiary/aromatic N) is 4.